The van der Waals surface area contributed by atoms with Crippen molar-refractivity contribution in [2.75, 3.05) is 45.8 Å². The van der Waals surface area contributed by atoms with Gasteiger partial charge in [-0.2, -0.15) is 0 Å². The Morgan fingerprint density at radius 1 is 0.885 bits per heavy atom. The van der Waals surface area contributed by atoms with E-state index in [9.17, 15) is 14.4 Å². The van der Waals surface area contributed by atoms with Gasteiger partial charge >= 0.3 is 0 Å². The smallest absolute Gasteiger partial charge is 0.244 e. The van der Waals surface area contributed by atoms with Crippen LogP contribution >= 0.6 is 0 Å². The molecule has 2 aliphatic rings. The van der Waals surface area contributed by atoms with Gasteiger partial charge in [-0.1, -0.05) is 20.8 Å². The number of hydrogen-bond acceptors (Lipinski definition) is 4. The van der Waals surface area contributed by atoms with Gasteiger partial charge < -0.3 is 15.1 Å². The van der Waals surface area contributed by atoms with Crippen LogP contribution in [0.15, 0.2) is 0 Å². The van der Waals surface area contributed by atoms with Gasteiger partial charge in [-0.3, -0.25) is 19.3 Å². The van der Waals surface area contributed by atoms with Crippen LogP contribution in [0, 0.1) is 5.41 Å². The number of likely N-dealkylation sites (tertiary alicyclic amines) is 1. The van der Waals surface area contributed by atoms with Crippen molar-refractivity contribution in [1.29, 1.82) is 0 Å². The zero-order chi connectivity index (χ0) is 19.3. The Bertz CT molecular complexity index is 515. The summed E-state index contributed by atoms with van der Waals surface area (Å²) in [7, 11) is 0. The zero-order valence-electron chi connectivity index (χ0n) is 16.7. The summed E-state index contributed by atoms with van der Waals surface area (Å²) in [5, 5.41) is 2.80. The van der Waals surface area contributed by atoms with E-state index in [0.29, 0.717) is 32.7 Å². The molecule has 0 aromatic carbocycles. The van der Waals surface area contributed by atoms with E-state index in [-0.39, 0.29) is 17.7 Å². The van der Waals surface area contributed by atoms with Crippen LogP contribution in [0.1, 0.15) is 47.0 Å². The van der Waals surface area contributed by atoms with Crippen molar-refractivity contribution in [3.05, 3.63) is 0 Å². The molecule has 26 heavy (non-hydrogen) atoms. The fourth-order valence-corrected chi connectivity index (χ4v) is 3.31. The van der Waals surface area contributed by atoms with Gasteiger partial charge in [0.05, 0.1) is 6.54 Å². The first-order valence-electron chi connectivity index (χ1n) is 9.78. The summed E-state index contributed by atoms with van der Waals surface area (Å²) in [6.45, 7) is 12.0. The average molecular weight is 367 g/mol. The van der Waals surface area contributed by atoms with E-state index in [1.54, 1.807) is 11.8 Å². The van der Waals surface area contributed by atoms with Crippen LogP contribution in [-0.2, 0) is 14.4 Å². The first kappa shape index (κ1) is 20.7. The molecule has 148 valence electrons. The predicted molar refractivity (Wildman–Crippen MR) is 101 cm³/mol. The van der Waals surface area contributed by atoms with Crippen molar-refractivity contribution in [3.63, 3.8) is 0 Å². The highest BCUT2D eigenvalue weighted by molar-refractivity contribution is 5.89. The number of nitrogens with one attached hydrogen (secondary N) is 1. The Morgan fingerprint density at radius 3 is 2.00 bits per heavy atom. The van der Waals surface area contributed by atoms with Crippen molar-refractivity contribution in [2.24, 2.45) is 5.41 Å². The van der Waals surface area contributed by atoms with E-state index in [4.69, 9.17) is 0 Å². The molecule has 0 aromatic heterocycles. The molecule has 0 saturated carbocycles. The Balaban J connectivity index is 1.75. The van der Waals surface area contributed by atoms with Gasteiger partial charge in [-0.25, -0.2) is 0 Å². The first-order chi connectivity index (χ1) is 12.2. The van der Waals surface area contributed by atoms with Crippen molar-refractivity contribution >= 4 is 17.7 Å². The normalized spacial score (nSPS) is 20.6. The number of carbonyl (C=O) groups is 3. The number of piperazine rings is 1. The number of carbonyl (C=O) groups excluding carboxylic acids is 3. The number of rotatable bonds is 4. The van der Waals surface area contributed by atoms with Gasteiger partial charge in [0, 0.05) is 44.7 Å². The molecular weight excluding hydrogens is 332 g/mol. The summed E-state index contributed by atoms with van der Waals surface area (Å²) in [6.07, 6.45) is 3.42. The summed E-state index contributed by atoms with van der Waals surface area (Å²) in [5.41, 5.74) is -0.512. The Kier molecular flexibility index (Phi) is 7.03. The third-order valence-electron chi connectivity index (χ3n) is 5.15. The lowest BCUT2D eigenvalue weighted by Gasteiger charge is -2.37. The topological polar surface area (TPSA) is 73.0 Å². The van der Waals surface area contributed by atoms with Crippen LogP contribution in [0.4, 0.5) is 0 Å². The predicted octanol–water partition coefficient (Wildman–Crippen LogP) is 0.694. The van der Waals surface area contributed by atoms with Gasteiger partial charge in [-0.05, 0) is 26.2 Å². The van der Waals surface area contributed by atoms with Crippen molar-refractivity contribution in [2.45, 2.75) is 53.0 Å². The van der Waals surface area contributed by atoms with Crippen LogP contribution in [0.2, 0.25) is 0 Å². The van der Waals surface area contributed by atoms with E-state index in [0.717, 1.165) is 25.9 Å². The van der Waals surface area contributed by atoms with Gasteiger partial charge in [-0.15, -0.1) is 0 Å². The maximum absolute atomic E-state index is 12.6. The van der Waals surface area contributed by atoms with E-state index in [1.165, 1.54) is 6.42 Å². The molecule has 1 unspecified atom stereocenters. The van der Waals surface area contributed by atoms with Crippen LogP contribution in [0.5, 0.6) is 0 Å². The molecule has 1 N–H and O–H groups in total. The van der Waals surface area contributed by atoms with Crippen LogP contribution in [-0.4, -0.2) is 84.3 Å². The molecule has 0 bridgehead atoms. The summed E-state index contributed by atoms with van der Waals surface area (Å²) in [6, 6.07) is -0.525. The number of nitrogens with zero attached hydrogens (tertiary/aromatic N) is 3. The first-order valence-corrected chi connectivity index (χ1v) is 9.78. The summed E-state index contributed by atoms with van der Waals surface area (Å²) in [5.74, 6) is 0.0315. The van der Waals surface area contributed by atoms with Crippen LogP contribution in [0.3, 0.4) is 0 Å². The van der Waals surface area contributed by atoms with Gasteiger partial charge in [0.25, 0.3) is 0 Å². The molecule has 3 amide bonds. The molecule has 7 nitrogen and oxygen atoms in total. The van der Waals surface area contributed by atoms with Crippen molar-refractivity contribution in [1.82, 2.24) is 20.0 Å². The SMILES string of the molecule is CC(NC(=O)C(C)(C)C)C(=O)N1CCN(CC(=O)N2CCCCC2)CC1. The van der Waals surface area contributed by atoms with E-state index >= 15 is 0 Å². The fraction of sp³-hybridized carbons (Fsp3) is 0.842. The monoisotopic (exact) mass is 366 g/mol. The number of piperidine rings is 1. The Morgan fingerprint density at radius 2 is 1.46 bits per heavy atom. The molecule has 0 aromatic rings. The lowest BCUT2D eigenvalue weighted by Crippen LogP contribution is -2.56. The fourth-order valence-electron chi connectivity index (χ4n) is 3.31. The molecular formula is C19H34N4O3. The molecule has 2 saturated heterocycles. The van der Waals surface area contributed by atoms with Crippen molar-refractivity contribution < 1.29 is 14.4 Å². The molecule has 0 spiro atoms. The molecule has 2 rings (SSSR count). The Labute approximate surface area is 157 Å². The molecule has 7 heteroatoms. The van der Waals surface area contributed by atoms with Crippen LogP contribution in [0.25, 0.3) is 0 Å². The molecule has 0 radical (unpaired) electrons. The third-order valence-corrected chi connectivity index (χ3v) is 5.15. The summed E-state index contributed by atoms with van der Waals surface area (Å²) < 4.78 is 0. The molecule has 1 atom stereocenters. The third kappa shape index (κ3) is 5.69. The zero-order valence-corrected chi connectivity index (χ0v) is 16.7. The molecule has 2 aliphatic heterocycles. The molecule has 2 heterocycles. The lowest BCUT2D eigenvalue weighted by atomic mass is 9.95. The van der Waals surface area contributed by atoms with Gasteiger partial charge in [0.2, 0.25) is 17.7 Å². The summed E-state index contributed by atoms with van der Waals surface area (Å²) in [4.78, 5) is 42.8. The van der Waals surface area contributed by atoms with Gasteiger partial charge in [0.1, 0.15) is 6.04 Å². The average Bonchev–Trinajstić information content (AvgIpc) is 2.61. The maximum atomic E-state index is 12.6. The highest BCUT2D eigenvalue weighted by Crippen LogP contribution is 2.14. The van der Waals surface area contributed by atoms with E-state index < -0.39 is 11.5 Å². The largest absolute Gasteiger partial charge is 0.344 e. The number of hydrogen-bond donors (Lipinski definition) is 1. The standard InChI is InChI=1S/C19H34N4O3/c1-15(20-18(26)19(2,3)4)17(25)23-12-10-21(11-13-23)14-16(24)22-8-6-5-7-9-22/h15H,5-14H2,1-4H3,(H,20,26). The lowest BCUT2D eigenvalue weighted by molar-refractivity contribution is -0.140. The van der Waals surface area contributed by atoms with E-state index in [2.05, 4.69) is 10.2 Å². The maximum Gasteiger partial charge on any atom is 0.244 e. The van der Waals surface area contributed by atoms with Crippen LogP contribution < -0.4 is 5.32 Å². The molecule has 2 fully saturated rings. The highest BCUT2D eigenvalue weighted by atomic mass is 16.2. The summed E-state index contributed by atoms with van der Waals surface area (Å²) >= 11 is 0. The quantitative estimate of drug-likeness (QED) is 0.795. The van der Waals surface area contributed by atoms with Gasteiger partial charge in [0.15, 0.2) is 0 Å². The minimum absolute atomic E-state index is 0.0513. The van der Waals surface area contributed by atoms with Crippen molar-refractivity contribution in [3.8, 4) is 0 Å². The second-order valence-corrected chi connectivity index (χ2v) is 8.49. The minimum Gasteiger partial charge on any atom is -0.344 e. The number of amides is 3. The second-order valence-electron chi connectivity index (χ2n) is 8.49. The minimum atomic E-state index is -0.525. The second kappa shape index (κ2) is 8.84. The van der Waals surface area contributed by atoms with E-state index in [1.807, 2.05) is 25.7 Å². The Hall–Kier alpha value is -1.63. The molecule has 0 aliphatic carbocycles. The highest BCUT2D eigenvalue weighted by Gasteiger charge is 2.30.